The highest BCUT2D eigenvalue weighted by molar-refractivity contribution is 4.88. The Morgan fingerprint density at radius 3 is 2.47 bits per heavy atom. The first-order valence-electron chi connectivity index (χ1n) is 7.48. The van der Waals surface area contributed by atoms with Gasteiger partial charge in [-0.05, 0) is 37.6 Å². The molecule has 1 unspecified atom stereocenters. The van der Waals surface area contributed by atoms with E-state index in [1.165, 1.54) is 51.6 Å². The molecule has 2 fully saturated rings. The van der Waals surface area contributed by atoms with Crippen LogP contribution in [0.1, 0.15) is 52.4 Å². The summed E-state index contributed by atoms with van der Waals surface area (Å²) in [4.78, 5) is 2.62. The van der Waals surface area contributed by atoms with E-state index in [1.807, 2.05) is 0 Å². The maximum Gasteiger partial charge on any atom is 0.0499 e. The fourth-order valence-corrected chi connectivity index (χ4v) is 3.69. The zero-order chi connectivity index (χ0) is 12.3. The maximum absolute atomic E-state index is 9.75. The van der Waals surface area contributed by atoms with Crippen LogP contribution in [-0.4, -0.2) is 36.2 Å². The molecule has 1 saturated heterocycles. The smallest absolute Gasteiger partial charge is 0.0499 e. The van der Waals surface area contributed by atoms with Gasteiger partial charge in [-0.25, -0.2) is 0 Å². The van der Waals surface area contributed by atoms with Gasteiger partial charge in [0.1, 0.15) is 0 Å². The van der Waals surface area contributed by atoms with Crippen LogP contribution in [0.2, 0.25) is 0 Å². The predicted molar refractivity (Wildman–Crippen MR) is 72.0 cm³/mol. The summed E-state index contributed by atoms with van der Waals surface area (Å²) in [5.74, 6) is 1.70. The van der Waals surface area contributed by atoms with Crippen LogP contribution in [0, 0.1) is 17.3 Å². The second-order valence-corrected chi connectivity index (χ2v) is 6.75. The molecule has 0 aromatic heterocycles. The van der Waals surface area contributed by atoms with Crippen LogP contribution in [0.15, 0.2) is 0 Å². The van der Waals surface area contributed by atoms with Gasteiger partial charge in [-0.3, -0.25) is 0 Å². The van der Waals surface area contributed by atoms with Crippen molar-refractivity contribution < 1.29 is 5.11 Å². The highest BCUT2D eigenvalue weighted by Gasteiger charge is 2.35. The van der Waals surface area contributed by atoms with Crippen LogP contribution in [0.5, 0.6) is 0 Å². The molecule has 0 bridgehead atoms. The number of likely N-dealkylation sites (tertiary alicyclic amines) is 1. The van der Waals surface area contributed by atoms with Gasteiger partial charge in [0.05, 0.1) is 0 Å². The maximum atomic E-state index is 9.75. The van der Waals surface area contributed by atoms with E-state index in [-0.39, 0.29) is 5.41 Å². The van der Waals surface area contributed by atoms with Gasteiger partial charge in [-0.2, -0.15) is 0 Å². The zero-order valence-corrected chi connectivity index (χ0v) is 11.6. The average Bonchev–Trinajstić information content (AvgIpc) is 2.79. The fourth-order valence-electron chi connectivity index (χ4n) is 3.69. The van der Waals surface area contributed by atoms with Crippen LogP contribution in [-0.2, 0) is 0 Å². The third-order valence-corrected chi connectivity index (χ3v) is 5.06. The summed E-state index contributed by atoms with van der Waals surface area (Å²) in [5, 5.41) is 9.75. The molecular weight excluding hydrogens is 210 g/mol. The van der Waals surface area contributed by atoms with Crippen LogP contribution in [0.25, 0.3) is 0 Å². The first-order chi connectivity index (χ1) is 8.15. The Morgan fingerprint density at radius 2 is 1.94 bits per heavy atom. The van der Waals surface area contributed by atoms with Crippen molar-refractivity contribution >= 4 is 0 Å². The van der Waals surface area contributed by atoms with Crippen LogP contribution >= 0.6 is 0 Å². The Hall–Kier alpha value is -0.0800. The first kappa shape index (κ1) is 13.4. The summed E-state index contributed by atoms with van der Waals surface area (Å²) in [6.45, 7) is 8.75. The molecule has 17 heavy (non-hydrogen) atoms. The standard InChI is InChI=1S/C15H29NO/c1-13(2)14-6-9-16(10-14)11-15(12-17)7-4-3-5-8-15/h13-14,17H,3-12H2,1-2H3. The summed E-state index contributed by atoms with van der Waals surface area (Å²) in [6, 6.07) is 0. The van der Waals surface area contributed by atoms with E-state index in [0.29, 0.717) is 6.61 Å². The molecule has 2 heteroatoms. The monoisotopic (exact) mass is 239 g/mol. The largest absolute Gasteiger partial charge is 0.396 e. The second-order valence-electron chi connectivity index (χ2n) is 6.75. The first-order valence-corrected chi connectivity index (χ1v) is 7.48. The quantitative estimate of drug-likeness (QED) is 0.815. The number of rotatable bonds is 4. The van der Waals surface area contributed by atoms with Crippen molar-refractivity contribution in [2.24, 2.45) is 17.3 Å². The SMILES string of the molecule is CC(C)C1CCN(CC2(CO)CCCCC2)C1. The summed E-state index contributed by atoms with van der Waals surface area (Å²) < 4.78 is 0. The van der Waals surface area contributed by atoms with Gasteiger partial charge in [0.25, 0.3) is 0 Å². The van der Waals surface area contributed by atoms with Crippen molar-refractivity contribution in [2.45, 2.75) is 52.4 Å². The molecule has 1 aliphatic heterocycles. The van der Waals surface area contributed by atoms with Crippen molar-refractivity contribution in [3.63, 3.8) is 0 Å². The van der Waals surface area contributed by atoms with Gasteiger partial charge in [0, 0.05) is 25.1 Å². The number of aliphatic hydroxyl groups is 1. The molecule has 2 rings (SSSR count). The van der Waals surface area contributed by atoms with E-state index in [4.69, 9.17) is 0 Å². The van der Waals surface area contributed by atoms with Gasteiger partial charge in [0.15, 0.2) is 0 Å². The molecule has 100 valence electrons. The molecule has 1 aliphatic carbocycles. The van der Waals surface area contributed by atoms with E-state index in [2.05, 4.69) is 18.7 Å². The van der Waals surface area contributed by atoms with E-state index >= 15 is 0 Å². The van der Waals surface area contributed by atoms with Crippen LogP contribution in [0.3, 0.4) is 0 Å². The van der Waals surface area contributed by atoms with Gasteiger partial charge in [-0.1, -0.05) is 33.1 Å². The van der Waals surface area contributed by atoms with E-state index in [9.17, 15) is 5.11 Å². The third-order valence-electron chi connectivity index (χ3n) is 5.06. The number of hydrogen-bond donors (Lipinski definition) is 1. The highest BCUT2D eigenvalue weighted by Crippen LogP contribution is 2.38. The Bertz CT molecular complexity index is 233. The summed E-state index contributed by atoms with van der Waals surface area (Å²) in [7, 11) is 0. The molecule has 0 spiro atoms. The topological polar surface area (TPSA) is 23.5 Å². The van der Waals surface area contributed by atoms with E-state index < -0.39 is 0 Å². The number of nitrogens with zero attached hydrogens (tertiary/aromatic N) is 1. The Kier molecular flexibility index (Phi) is 4.48. The minimum absolute atomic E-state index is 0.240. The van der Waals surface area contributed by atoms with Gasteiger partial charge < -0.3 is 10.0 Å². The molecular formula is C15H29NO. The van der Waals surface area contributed by atoms with E-state index in [1.54, 1.807) is 0 Å². The molecule has 2 aliphatic rings. The number of hydrogen-bond acceptors (Lipinski definition) is 2. The third kappa shape index (κ3) is 3.23. The zero-order valence-electron chi connectivity index (χ0n) is 11.6. The lowest BCUT2D eigenvalue weighted by atomic mass is 9.74. The Labute approximate surface area is 106 Å². The lowest BCUT2D eigenvalue weighted by Gasteiger charge is -2.38. The Morgan fingerprint density at radius 1 is 1.24 bits per heavy atom. The molecule has 1 N–H and O–H groups in total. The summed E-state index contributed by atoms with van der Waals surface area (Å²) in [5.41, 5.74) is 0.240. The van der Waals surface area contributed by atoms with Gasteiger partial charge in [0.2, 0.25) is 0 Å². The normalized spacial score (nSPS) is 30.0. The summed E-state index contributed by atoms with van der Waals surface area (Å²) >= 11 is 0. The van der Waals surface area contributed by atoms with Crippen molar-refractivity contribution in [2.75, 3.05) is 26.2 Å². The molecule has 1 atom stereocenters. The van der Waals surface area contributed by atoms with Crippen LogP contribution in [0.4, 0.5) is 0 Å². The van der Waals surface area contributed by atoms with Gasteiger partial charge in [-0.15, -0.1) is 0 Å². The molecule has 0 amide bonds. The molecule has 0 aromatic rings. The predicted octanol–water partition coefficient (Wildman–Crippen LogP) is 2.91. The molecule has 1 saturated carbocycles. The van der Waals surface area contributed by atoms with Crippen molar-refractivity contribution in [3.05, 3.63) is 0 Å². The Balaban J connectivity index is 1.87. The van der Waals surface area contributed by atoms with Crippen molar-refractivity contribution in [3.8, 4) is 0 Å². The molecule has 1 heterocycles. The van der Waals surface area contributed by atoms with Crippen molar-refractivity contribution in [1.29, 1.82) is 0 Å². The molecule has 2 nitrogen and oxygen atoms in total. The lowest BCUT2D eigenvalue weighted by Crippen LogP contribution is -2.41. The van der Waals surface area contributed by atoms with E-state index in [0.717, 1.165) is 18.4 Å². The fraction of sp³-hybridized carbons (Fsp3) is 1.00. The average molecular weight is 239 g/mol. The minimum atomic E-state index is 0.240. The molecule has 0 aromatic carbocycles. The van der Waals surface area contributed by atoms with Crippen LogP contribution < -0.4 is 0 Å². The van der Waals surface area contributed by atoms with Gasteiger partial charge >= 0.3 is 0 Å². The number of aliphatic hydroxyl groups excluding tert-OH is 1. The lowest BCUT2D eigenvalue weighted by molar-refractivity contribution is 0.0461. The second kappa shape index (κ2) is 5.71. The summed E-state index contributed by atoms with van der Waals surface area (Å²) in [6.07, 6.45) is 7.86. The molecule has 0 radical (unpaired) electrons. The minimum Gasteiger partial charge on any atom is -0.396 e. The highest BCUT2D eigenvalue weighted by atomic mass is 16.3. The van der Waals surface area contributed by atoms with Crippen molar-refractivity contribution in [1.82, 2.24) is 4.90 Å².